The maximum Gasteiger partial charge on any atom is 0.351 e. The third-order valence-corrected chi connectivity index (χ3v) is 4.17. The van der Waals surface area contributed by atoms with Gasteiger partial charge in [0.05, 0.1) is 10.7 Å². The third-order valence-electron chi connectivity index (χ3n) is 3.62. The van der Waals surface area contributed by atoms with Crippen molar-refractivity contribution >= 4 is 40.8 Å². The van der Waals surface area contributed by atoms with Crippen LogP contribution in [0.1, 0.15) is 6.92 Å². The van der Waals surface area contributed by atoms with Gasteiger partial charge in [-0.05, 0) is 37.3 Å². The average molecular weight is 396 g/mol. The molecule has 0 aromatic heterocycles. The number of esters is 1. The lowest BCUT2D eigenvalue weighted by molar-refractivity contribution is -0.162. The molecule has 136 valence electrons. The minimum atomic E-state index is -1.05. The first-order valence-electron chi connectivity index (χ1n) is 7.79. The number of carbonyl (C=O) groups excluding carboxylic acids is 2. The van der Waals surface area contributed by atoms with Crippen LogP contribution in [-0.2, 0) is 14.3 Å². The van der Waals surface area contributed by atoms with Crippen LogP contribution < -0.4 is 14.8 Å². The van der Waals surface area contributed by atoms with Crippen molar-refractivity contribution in [1.29, 1.82) is 0 Å². The van der Waals surface area contributed by atoms with Gasteiger partial charge in [0.1, 0.15) is 6.61 Å². The zero-order valence-corrected chi connectivity index (χ0v) is 15.2. The fraction of sp³-hybridized carbons (Fsp3) is 0.222. The fourth-order valence-electron chi connectivity index (χ4n) is 2.26. The largest absolute Gasteiger partial charge is 0.485 e. The predicted octanol–water partition coefficient (Wildman–Crippen LogP) is 3.70. The number of ether oxygens (including phenoxy) is 3. The van der Waals surface area contributed by atoms with Gasteiger partial charge >= 0.3 is 5.97 Å². The molecule has 0 unspecified atom stereocenters. The first-order chi connectivity index (χ1) is 12.4. The Bertz CT molecular complexity index is 842. The molecule has 2 aromatic rings. The Morgan fingerprint density at radius 2 is 1.92 bits per heavy atom. The van der Waals surface area contributed by atoms with E-state index in [1.165, 1.54) is 13.0 Å². The number of para-hydroxylation sites is 2. The highest BCUT2D eigenvalue weighted by molar-refractivity contribution is 6.36. The maximum atomic E-state index is 12.2. The molecule has 0 bridgehead atoms. The molecule has 1 aliphatic heterocycles. The molecule has 1 aliphatic rings. The second kappa shape index (κ2) is 7.85. The van der Waals surface area contributed by atoms with Crippen molar-refractivity contribution in [2.75, 3.05) is 11.9 Å². The maximum absolute atomic E-state index is 12.2. The van der Waals surface area contributed by atoms with Gasteiger partial charge in [-0.3, -0.25) is 4.79 Å². The first-order valence-corrected chi connectivity index (χ1v) is 8.54. The normalized spacial score (nSPS) is 16.5. The van der Waals surface area contributed by atoms with Gasteiger partial charge in [-0.25, -0.2) is 4.79 Å². The monoisotopic (exact) mass is 395 g/mol. The Balaban J connectivity index is 1.58. The van der Waals surface area contributed by atoms with Gasteiger partial charge in [-0.1, -0.05) is 35.3 Å². The molecule has 0 spiro atoms. The number of nitrogens with one attached hydrogen (secondary N) is 1. The lowest BCUT2D eigenvalue weighted by atomic mass is 10.2. The van der Waals surface area contributed by atoms with E-state index in [-0.39, 0.29) is 11.6 Å². The highest BCUT2D eigenvalue weighted by Crippen LogP contribution is 2.31. The molecule has 0 radical (unpaired) electrons. The van der Waals surface area contributed by atoms with Crippen LogP contribution in [0.15, 0.2) is 42.5 Å². The van der Waals surface area contributed by atoms with Gasteiger partial charge in [0.25, 0.3) is 5.91 Å². The number of rotatable bonds is 4. The SMILES string of the molecule is C[C@@H](OC(=O)[C@H]1COc2ccccc2O1)C(=O)Nc1ccc(Cl)cc1Cl. The molecule has 0 fully saturated rings. The van der Waals surface area contributed by atoms with E-state index in [1.54, 1.807) is 36.4 Å². The van der Waals surface area contributed by atoms with E-state index < -0.39 is 24.1 Å². The van der Waals surface area contributed by atoms with Crippen molar-refractivity contribution in [2.45, 2.75) is 19.1 Å². The quantitative estimate of drug-likeness (QED) is 0.798. The summed E-state index contributed by atoms with van der Waals surface area (Å²) in [6, 6.07) is 11.6. The summed E-state index contributed by atoms with van der Waals surface area (Å²) in [7, 11) is 0. The summed E-state index contributed by atoms with van der Waals surface area (Å²) in [4.78, 5) is 24.5. The van der Waals surface area contributed by atoms with Gasteiger partial charge in [-0.15, -0.1) is 0 Å². The molecule has 1 N–H and O–H groups in total. The van der Waals surface area contributed by atoms with Crippen LogP contribution in [0.3, 0.4) is 0 Å². The Morgan fingerprint density at radius 1 is 1.19 bits per heavy atom. The Morgan fingerprint density at radius 3 is 2.65 bits per heavy atom. The fourth-order valence-corrected chi connectivity index (χ4v) is 2.72. The number of hydrogen-bond donors (Lipinski definition) is 1. The zero-order chi connectivity index (χ0) is 18.7. The second-order valence-corrected chi connectivity index (χ2v) is 6.40. The Labute approximate surface area is 159 Å². The minimum Gasteiger partial charge on any atom is -0.485 e. The van der Waals surface area contributed by atoms with Crippen LogP contribution in [0.4, 0.5) is 5.69 Å². The van der Waals surface area contributed by atoms with Crippen LogP contribution in [0.2, 0.25) is 10.0 Å². The van der Waals surface area contributed by atoms with Crippen LogP contribution in [0.5, 0.6) is 11.5 Å². The van der Waals surface area contributed by atoms with Crippen molar-refractivity contribution in [2.24, 2.45) is 0 Å². The molecule has 26 heavy (non-hydrogen) atoms. The summed E-state index contributed by atoms with van der Waals surface area (Å²) < 4.78 is 16.2. The Kier molecular flexibility index (Phi) is 5.54. The van der Waals surface area contributed by atoms with E-state index >= 15 is 0 Å². The van der Waals surface area contributed by atoms with Crippen LogP contribution >= 0.6 is 23.2 Å². The zero-order valence-electron chi connectivity index (χ0n) is 13.7. The van der Waals surface area contributed by atoms with Crippen molar-refractivity contribution in [3.63, 3.8) is 0 Å². The van der Waals surface area contributed by atoms with Gasteiger partial charge < -0.3 is 19.5 Å². The average Bonchev–Trinajstić information content (AvgIpc) is 2.63. The summed E-state index contributed by atoms with van der Waals surface area (Å²) in [6.07, 6.45) is -1.99. The lowest BCUT2D eigenvalue weighted by Crippen LogP contribution is -2.41. The summed E-state index contributed by atoms with van der Waals surface area (Å²) in [5.74, 6) is -0.213. The number of halogens is 2. The van der Waals surface area contributed by atoms with Crippen molar-refractivity contribution < 1.29 is 23.8 Å². The number of anilines is 1. The number of carbonyl (C=O) groups is 2. The number of benzene rings is 2. The van der Waals surface area contributed by atoms with E-state index in [0.29, 0.717) is 22.2 Å². The van der Waals surface area contributed by atoms with Crippen molar-refractivity contribution in [3.8, 4) is 11.5 Å². The molecule has 1 amide bonds. The van der Waals surface area contributed by atoms with Crippen molar-refractivity contribution in [1.82, 2.24) is 0 Å². The number of amides is 1. The standard InChI is InChI=1S/C18H15Cl2NO5/c1-10(17(22)21-13-7-6-11(19)8-12(13)20)25-18(23)16-9-24-14-4-2-3-5-15(14)26-16/h2-8,10,16H,9H2,1H3,(H,21,22)/t10-,16-/m1/s1. The second-order valence-electron chi connectivity index (χ2n) is 5.56. The summed E-state index contributed by atoms with van der Waals surface area (Å²) >= 11 is 11.8. The molecule has 0 saturated heterocycles. The molecule has 1 heterocycles. The van der Waals surface area contributed by atoms with E-state index in [9.17, 15) is 9.59 Å². The number of hydrogen-bond acceptors (Lipinski definition) is 5. The van der Waals surface area contributed by atoms with Crippen LogP contribution in [-0.4, -0.2) is 30.7 Å². The molecular weight excluding hydrogens is 381 g/mol. The molecule has 0 saturated carbocycles. The molecule has 3 rings (SSSR count). The smallest absolute Gasteiger partial charge is 0.351 e. The minimum absolute atomic E-state index is 0.00714. The van der Waals surface area contributed by atoms with E-state index in [2.05, 4.69) is 5.32 Å². The first kappa shape index (κ1) is 18.4. The lowest BCUT2D eigenvalue weighted by Gasteiger charge is -2.25. The van der Waals surface area contributed by atoms with Crippen LogP contribution in [0.25, 0.3) is 0 Å². The van der Waals surface area contributed by atoms with Crippen molar-refractivity contribution in [3.05, 3.63) is 52.5 Å². The molecule has 8 heteroatoms. The predicted molar refractivity (Wildman–Crippen MR) is 97.0 cm³/mol. The van der Waals surface area contributed by atoms with E-state index in [0.717, 1.165) is 0 Å². The van der Waals surface area contributed by atoms with Crippen LogP contribution in [0, 0.1) is 0 Å². The van der Waals surface area contributed by atoms with Gasteiger partial charge in [0, 0.05) is 5.02 Å². The highest BCUT2D eigenvalue weighted by atomic mass is 35.5. The summed E-state index contributed by atoms with van der Waals surface area (Å²) in [5, 5.41) is 3.31. The highest BCUT2D eigenvalue weighted by Gasteiger charge is 2.31. The summed E-state index contributed by atoms with van der Waals surface area (Å²) in [6.45, 7) is 1.46. The molecule has 2 aromatic carbocycles. The molecule has 0 aliphatic carbocycles. The topological polar surface area (TPSA) is 73.9 Å². The third kappa shape index (κ3) is 4.20. The molecule has 2 atom stereocenters. The molecular formula is C18H15Cl2NO5. The number of fused-ring (bicyclic) bond motifs is 1. The molecule has 6 nitrogen and oxygen atoms in total. The summed E-state index contributed by atoms with van der Waals surface area (Å²) in [5.41, 5.74) is 0.371. The van der Waals surface area contributed by atoms with Gasteiger partial charge in [0.15, 0.2) is 17.6 Å². The van der Waals surface area contributed by atoms with E-state index in [1.807, 2.05) is 0 Å². The Hall–Kier alpha value is -2.44. The van der Waals surface area contributed by atoms with Gasteiger partial charge in [0.2, 0.25) is 6.10 Å². The van der Waals surface area contributed by atoms with Gasteiger partial charge in [-0.2, -0.15) is 0 Å². The van der Waals surface area contributed by atoms with E-state index in [4.69, 9.17) is 37.4 Å².